The van der Waals surface area contributed by atoms with Crippen molar-refractivity contribution in [2.24, 2.45) is 5.73 Å². The highest BCUT2D eigenvalue weighted by molar-refractivity contribution is 7.09. The maximum Gasteiger partial charge on any atom is 0.252 e. The van der Waals surface area contributed by atoms with E-state index < -0.39 is 0 Å². The molecular formula is C14H22N2O2S. The van der Waals surface area contributed by atoms with Crippen LogP contribution in [0.15, 0.2) is 17.5 Å². The molecule has 1 saturated heterocycles. The topological polar surface area (TPSA) is 55.6 Å². The number of ether oxygens (including phenoxy) is 1. The van der Waals surface area contributed by atoms with Crippen LogP contribution in [0.5, 0.6) is 0 Å². The maximum absolute atomic E-state index is 12.5. The van der Waals surface area contributed by atoms with Gasteiger partial charge < -0.3 is 15.4 Å². The molecule has 1 aliphatic rings. The van der Waals surface area contributed by atoms with Crippen molar-refractivity contribution < 1.29 is 9.53 Å². The van der Waals surface area contributed by atoms with E-state index in [1.165, 1.54) is 4.88 Å². The van der Waals surface area contributed by atoms with E-state index in [-0.39, 0.29) is 24.2 Å². The Labute approximate surface area is 118 Å². The lowest BCUT2D eigenvalue weighted by molar-refractivity contribution is -0.145. The number of hydrogen-bond acceptors (Lipinski definition) is 4. The molecule has 0 radical (unpaired) electrons. The van der Waals surface area contributed by atoms with E-state index in [4.69, 9.17) is 10.5 Å². The Balaban J connectivity index is 2.01. The molecule has 0 aromatic carbocycles. The van der Waals surface area contributed by atoms with Crippen LogP contribution in [0.1, 0.15) is 31.6 Å². The molecule has 1 aromatic rings. The smallest absolute Gasteiger partial charge is 0.252 e. The van der Waals surface area contributed by atoms with Gasteiger partial charge >= 0.3 is 0 Å². The second kappa shape index (κ2) is 6.50. The summed E-state index contributed by atoms with van der Waals surface area (Å²) < 4.78 is 5.71. The molecule has 2 atom stereocenters. The van der Waals surface area contributed by atoms with Gasteiger partial charge in [0, 0.05) is 17.5 Å². The van der Waals surface area contributed by atoms with Crippen molar-refractivity contribution in [1.29, 1.82) is 0 Å². The zero-order valence-corrected chi connectivity index (χ0v) is 12.4. The van der Waals surface area contributed by atoms with Crippen LogP contribution < -0.4 is 5.73 Å². The lowest BCUT2D eigenvalue weighted by atomic mass is 10.1. The van der Waals surface area contributed by atoms with Crippen molar-refractivity contribution in [2.75, 3.05) is 6.54 Å². The summed E-state index contributed by atoms with van der Waals surface area (Å²) in [6, 6.07) is 4.25. The Bertz CT molecular complexity index is 406. The maximum atomic E-state index is 12.5. The van der Waals surface area contributed by atoms with Crippen LogP contribution in [-0.2, 0) is 16.1 Å². The number of carbonyl (C=O) groups is 1. The van der Waals surface area contributed by atoms with E-state index in [9.17, 15) is 4.79 Å². The summed E-state index contributed by atoms with van der Waals surface area (Å²) in [6.07, 6.45) is 1.41. The standard InChI is InChI=1S/C14H22N2O2S/c1-10(2)16(9-12-4-3-7-19-12)14(17)13-6-5-11(8-15)18-13/h3-4,7,10-11,13H,5-6,8-9,15H2,1-2H3. The second-order valence-corrected chi connectivity index (χ2v) is 6.23. The predicted molar refractivity (Wildman–Crippen MR) is 77.0 cm³/mol. The molecule has 1 aliphatic heterocycles. The fourth-order valence-corrected chi connectivity index (χ4v) is 3.03. The summed E-state index contributed by atoms with van der Waals surface area (Å²) in [4.78, 5) is 15.6. The van der Waals surface area contributed by atoms with E-state index in [0.717, 1.165) is 12.8 Å². The minimum Gasteiger partial charge on any atom is -0.364 e. The van der Waals surface area contributed by atoms with E-state index >= 15 is 0 Å². The summed E-state index contributed by atoms with van der Waals surface area (Å²) in [5.74, 6) is 0.0966. The zero-order valence-electron chi connectivity index (χ0n) is 11.5. The summed E-state index contributed by atoms with van der Waals surface area (Å²) in [7, 11) is 0. The van der Waals surface area contributed by atoms with Crippen molar-refractivity contribution in [1.82, 2.24) is 4.90 Å². The molecule has 2 heterocycles. The van der Waals surface area contributed by atoms with Crippen LogP contribution in [0.25, 0.3) is 0 Å². The van der Waals surface area contributed by atoms with Gasteiger partial charge in [0.2, 0.25) is 0 Å². The molecule has 19 heavy (non-hydrogen) atoms. The minimum atomic E-state index is -0.309. The van der Waals surface area contributed by atoms with E-state index in [1.54, 1.807) is 11.3 Å². The summed E-state index contributed by atoms with van der Waals surface area (Å²) in [5.41, 5.74) is 5.59. The quantitative estimate of drug-likeness (QED) is 0.898. The van der Waals surface area contributed by atoms with Crippen molar-refractivity contribution >= 4 is 17.2 Å². The summed E-state index contributed by atoms with van der Waals surface area (Å²) in [6.45, 7) is 5.25. The molecule has 2 rings (SSSR count). The van der Waals surface area contributed by atoms with Gasteiger partial charge in [0.05, 0.1) is 12.6 Å². The normalized spacial score (nSPS) is 22.9. The molecule has 1 amide bonds. The number of carbonyl (C=O) groups excluding carboxylic acids is 1. The van der Waals surface area contributed by atoms with Gasteiger partial charge in [0.1, 0.15) is 6.10 Å². The number of amides is 1. The second-order valence-electron chi connectivity index (χ2n) is 5.20. The average Bonchev–Trinajstić information content (AvgIpc) is 3.05. The molecule has 0 saturated carbocycles. The number of thiophene rings is 1. The van der Waals surface area contributed by atoms with Gasteiger partial charge in [-0.25, -0.2) is 0 Å². The highest BCUT2D eigenvalue weighted by atomic mass is 32.1. The van der Waals surface area contributed by atoms with Gasteiger partial charge in [0.15, 0.2) is 0 Å². The average molecular weight is 282 g/mol. The summed E-state index contributed by atoms with van der Waals surface area (Å²) >= 11 is 1.68. The van der Waals surface area contributed by atoms with E-state index in [2.05, 4.69) is 6.07 Å². The van der Waals surface area contributed by atoms with Gasteiger partial charge in [-0.15, -0.1) is 11.3 Å². The SMILES string of the molecule is CC(C)N(Cc1cccs1)C(=O)C1CCC(CN)O1. The molecule has 106 valence electrons. The Morgan fingerprint density at radius 1 is 1.58 bits per heavy atom. The van der Waals surface area contributed by atoms with Gasteiger partial charge in [-0.2, -0.15) is 0 Å². The number of rotatable bonds is 5. The van der Waals surface area contributed by atoms with Gasteiger partial charge in [-0.3, -0.25) is 4.79 Å². The fourth-order valence-electron chi connectivity index (χ4n) is 2.33. The number of nitrogens with zero attached hydrogens (tertiary/aromatic N) is 1. The number of nitrogens with two attached hydrogens (primary N) is 1. The van der Waals surface area contributed by atoms with Crippen LogP contribution in [0.2, 0.25) is 0 Å². The first-order chi connectivity index (χ1) is 9.11. The van der Waals surface area contributed by atoms with Crippen molar-refractivity contribution in [3.63, 3.8) is 0 Å². The van der Waals surface area contributed by atoms with E-state index in [1.807, 2.05) is 30.2 Å². The molecule has 2 N–H and O–H groups in total. The lowest BCUT2D eigenvalue weighted by Gasteiger charge is -2.29. The fraction of sp³-hybridized carbons (Fsp3) is 0.643. The number of hydrogen-bond donors (Lipinski definition) is 1. The monoisotopic (exact) mass is 282 g/mol. The van der Waals surface area contributed by atoms with Crippen molar-refractivity contribution in [2.45, 2.75) is 51.5 Å². The third kappa shape index (κ3) is 3.55. The molecule has 5 heteroatoms. The summed E-state index contributed by atoms with van der Waals surface area (Å²) in [5, 5.41) is 2.04. The van der Waals surface area contributed by atoms with Crippen LogP contribution in [-0.4, -0.2) is 35.6 Å². The molecular weight excluding hydrogens is 260 g/mol. The van der Waals surface area contributed by atoms with Gasteiger partial charge in [-0.1, -0.05) is 6.07 Å². The predicted octanol–water partition coefficient (Wildman–Crippen LogP) is 1.99. The first kappa shape index (κ1) is 14.5. The van der Waals surface area contributed by atoms with Crippen LogP contribution in [0.4, 0.5) is 0 Å². The van der Waals surface area contributed by atoms with Crippen LogP contribution in [0, 0.1) is 0 Å². The molecule has 4 nitrogen and oxygen atoms in total. The zero-order chi connectivity index (χ0) is 13.8. The Morgan fingerprint density at radius 3 is 2.89 bits per heavy atom. The first-order valence-electron chi connectivity index (χ1n) is 6.80. The van der Waals surface area contributed by atoms with Crippen molar-refractivity contribution in [3.8, 4) is 0 Å². The largest absolute Gasteiger partial charge is 0.364 e. The Hall–Kier alpha value is -0.910. The Kier molecular flexibility index (Phi) is 4.96. The molecule has 2 unspecified atom stereocenters. The van der Waals surface area contributed by atoms with Crippen molar-refractivity contribution in [3.05, 3.63) is 22.4 Å². The molecule has 1 aromatic heterocycles. The minimum absolute atomic E-state index is 0.0460. The molecule has 0 spiro atoms. The van der Waals surface area contributed by atoms with E-state index in [0.29, 0.717) is 13.1 Å². The Morgan fingerprint density at radius 2 is 2.37 bits per heavy atom. The third-order valence-electron chi connectivity index (χ3n) is 3.46. The molecule has 1 fully saturated rings. The van der Waals surface area contributed by atoms with Gasteiger partial charge in [-0.05, 0) is 38.1 Å². The molecule has 0 bridgehead atoms. The highest BCUT2D eigenvalue weighted by Gasteiger charge is 2.33. The van der Waals surface area contributed by atoms with Crippen LogP contribution >= 0.6 is 11.3 Å². The lowest BCUT2D eigenvalue weighted by Crippen LogP contribution is -2.43. The highest BCUT2D eigenvalue weighted by Crippen LogP contribution is 2.23. The first-order valence-corrected chi connectivity index (χ1v) is 7.68. The van der Waals surface area contributed by atoms with Gasteiger partial charge in [0.25, 0.3) is 5.91 Å². The van der Waals surface area contributed by atoms with Crippen LogP contribution in [0.3, 0.4) is 0 Å². The third-order valence-corrected chi connectivity index (χ3v) is 4.32. The molecule has 0 aliphatic carbocycles.